The Bertz CT molecular complexity index is 504. The zero-order chi connectivity index (χ0) is 15.3. The van der Waals surface area contributed by atoms with Crippen LogP contribution in [0.15, 0.2) is 39.8 Å². The summed E-state index contributed by atoms with van der Waals surface area (Å²) >= 11 is 0. The van der Waals surface area contributed by atoms with Crippen molar-refractivity contribution >= 4 is 10.8 Å². The zero-order valence-corrected chi connectivity index (χ0v) is 12.4. The number of alkyl halides is 3. The van der Waals surface area contributed by atoms with Crippen LogP contribution in [0.3, 0.4) is 0 Å². The van der Waals surface area contributed by atoms with Crippen molar-refractivity contribution in [1.82, 2.24) is 0 Å². The Morgan fingerprint density at radius 2 is 1.80 bits per heavy atom. The molecule has 0 aliphatic carbocycles. The molecular formula is C14H17F3O2S. The summed E-state index contributed by atoms with van der Waals surface area (Å²) in [4.78, 5) is 0.129. The van der Waals surface area contributed by atoms with Crippen LogP contribution in [0.1, 0.15) is 25.3 Å². The largest absolute Gasteiger partial charge is 0.492 e. The molecule has 0 saturated carbocycles. The number of ether oxygens (including phenoxy) is 1. The molecule has 0 N–H and O–H groups in total. The van der Waals surface area contributed by atoms with Crippen LogP contribution in [-0.4, -0.2) is 17.5 Å². The first-order valence-electron chi connectivity index (χ1n) is 6.14. The first-order chi connectivity index (χ1) is 9.31. The minimum absolute atomic E-state index is 0.0726. The molecular weight excluding hydrogens is 289 g/mol. The molecule has 0 heterocycles. The van der Waals surface area contributed by atoms with Crippen molar-refractivity contribution in [1.29, 1.82) is 0 Å². The average molecular weight is 306 g/mol. The molecule has 1 aromatic rings. The van der Waals surface area contributed by atoms with E-state index in [1.54, 1.807) is 31.2 Å². The van der Waals surface area contributed by atoms with Crippen LogP contribution in [0.25, 0.3) is 0 Å². The lowest BCUT2D eigenvalue weighted by Gasteiger charge is -2.16. The molecule has 1 unspecified atom stereocenters. The van der Waals surface area contributed by atoms with Gasteiger partial charge in [0.2, 0.25) is 5.76 Å². The maximum Gasteiger partial charge on any atom is 0.449 e. The van der Waals surface area contributed by atoms with Gasteiger partial charge in [0.1, 0.15) is 0 Å². The number of benzene rings is 1. The molecule has 20 heavy (non-hydrogen) atoms. The molecule has 0 saturated heterocycles. The van der Waals surface area contributed by atoms with E-state index in [1.165, 1.54) is 0 Å². The Labute approximate surface area is 119 Å². The van der Waals surface area contributed by atoms with Gasteiger partial charge < -0.3 is 4.74 Å². The normalized spacial score (nSPS) is 14.7. The maximum atomic E-state index is 12.9. The number of hydrogen-bond acceptors (Lipinski definition) is 2. The number of halogens is 3. The van der Waals surface area contributed by atoms with Crippen LogP contribution in [0, 0.1) is 6.92 Å². The molecule has 0 aliphatic heterocycles. The van der Waals surface area contributed by atoms with E-state index in [0.717, 1.165) is 12.7 Å². The van der Waals surface area contributed by atoms with E-state index in [1.807, 2.05) is 6.92 Å². The molecule has 0 amide bonds. The van der Waals surface area contributed by atoms with Gasteiger partial charge in [0.05, 0.1) is 22.8 Å². The Hall–Kier alpha value is -1.30. The molecule has 6 heteroatoms. The highest BCUT2D eigenvalue weighted by Crippen LogP contribution is 2.33. The van der Waals surface area contributed by atoms with E-state index < -0.39 is 22.7 Å². The van der Waals surface area contributed by atoms with Crippen molar-refractivity contribution < 1.29 is 22.1 Å². The molecule has 1 aromatic carbocycles. The maximum absolute atomic E-state index is 12.9. The fraction of sp³-hybridized carbons (Fsp3) is 0.429. The zero-order valence-electron chi connectivity index (χ0n) is 11.6. The fourth-order valence-electron chi connectivity index (χ4n) is 1.71. The molecule has 0 bridgehead atoms. The van der Waals surface area contributed by atoms with Gasteiger partial charge in [-0.25, -0.2) is 4.21 Å². The second-order valence-electron chi connectivity index (χ2n) is 4.29. The van der Waals surface area contributed by atoms with Crippen LogP contribution in [0.2, 0.25) is 0 Å². The van der Waals surface area contributed by atoms with E-state index in [2.05, 4.69) is 4.74 Å². The predicted octanol–water partition coefficient (Wildman–Crippen LogP) is 4.32. The van der Waals surface area contributed by atoms with Gasteiger partial charge >= 0.3 is 6.18 Å². The highest BCUT2D eigenvalue weighted by Gasteiger charge is 2.39. The third-order valence-corrected chi connectivity index (χ3v) is 4.19. The quantitative estimate of drug-likeness (QED) is 0.757. The van der Waals surface area contributed by atoms with Crippen LogP contribution in [0.4, 0.5) is 13.2 Å². The van der Waals surface area contributed by atoms with E-state index >= 15 is 0 Å². The van der Waals surface area contributed by atoms with Crippen LogP contribution in [-0.2, 0) is 15.5 Å². The van der Waals surface area contributed by atoms with Gasteiger partial charge in [-0.2, -0.15) is 13.2 Å². The lowest BCUT2D eigenvalue weighted by atomic mass is 10.2. The highest BCUT2D eigenvalue weighted by molar-refractivity contribution is 7.89. The van der Waals surface area contributed by atoms with Crippen molar-refractivity contribution in [3.05, 3.63) is 40.5 Å². The summed E-state index contributed by atoms with van der Waals surface area (Å²) in [5.74, 6) is -1.15. The summed E-state index contributed by atoms with van der Waals surface area (Å²) < 4.78 is 55.6. The lowest BCUT2D eigenvalue weighted by Crippen LogP contribution is -2.18. The van der Waals surface area contributed by atoms with Crippen LogP contribution in [0.5, 0.6) is 0 Å². The van der Waals surface area contributed by atoms with E-state index in [-0.39, 0.29) is 11.3 Å². The van der Waals surface area contributed by atoms with E-state index in [4.69, 9.17) is 0 Å². The first-order valence-corrected chi connectivity index (χ1v) is 7.29. The number of hydrogen-bond donors (Lipinski definition) is 0. The average Bonchev–Trinajstić information content (AvgIpc) is 2.37. The molecule has 0 aromatic heterocycles. The number of allylic oxidation sites excluding steroid dienone is 2. The van der Waals surface area contributed by atoms with Gasteiger partial charge in [0, 0.05) is 4.90 Å². The summed E-state index contributed by atoms with van der Waals surface area (Å²) in [5.41, 5.74) is 0.953. The molecule has 1 rings (SSSR count). The molecule has 0 spiro atoms. The smallest absolute Gasteiger partial charge is 0.449 e. The first kappa shape index (κ1) is 16.8. The van der Waals surface area contributed by atoms with E-state index in [9.17, 15) is 17.4 Å². The van der Waals surface area contributed by atoms with Crippen molar-refractivity contribution in [2.45, 2.75) is 37.8 Å². The van der Waals surface area contributed by atoms with Crippen LogP contribution >= 0.6 is 0 Å². The predicted molar refractivity (Wildman–Crippen MR) is 72.6 cm³/mol. The van der Waals surface area contributed by atoms with Crippen molar-refractivity contribution in [3.8, 4) is 0 Å². The SMILES string of the molecule is CCC/C(=C(\OC)C(F)(F)F)S(=O)c1ccc(C)cc1. The van der Waals surface area contributed by atoms with Gasteiger partial charge in [0.15, 0.2) is 0 Å². The second-order valence-corrected chi connectivity index (χ2v) is 5.79. The Kier molecular flexibility index (Phi) is 5.80. The van der Waals surface area contributed by atoms with Crippen molar-refractivity contribution in [3.63, 3.8) is 0 Å². The van der Waals surface area contributed by atoms with Crippen LogP contribution < -0.4 is 0 Å². The highest BCUT2D eigenvalue weighted by atomic mass is 32.2. The van der Waals surface area contributed by atoms with Gasteiger partial charge in [-0.15, -0.1) is 0 Å². The molecule has 0 fully saturated rings. The molecule has 1 atom stereocenters. The molecule has 112 valence electrons. The molecule has 0 radical (unpaired) electrons. The number of methoxy groups -OCH3 is 1. The third kappa shape index (κ3) is 4.10. The lowest BCUT2D eigenvalue weighted by molar-refractivity contribution is -0.126. The summed E-state index contributed by atoms with van der Waals surface area (Å²) in [5, 5.41) is 0. The van der Waals surface area contributed by atoms with Gasteiger partial charge in [-0.05, 0) is 25.5 Å². The minimum Gasteiger partial charge on any atom is -0.492 e. The number of rotatable bonds is 5. The molecule has 2 nitrogen and oxygen atoms in total. The summed E-state index contributed by atoms with van der Waals surface area (Å²) in [7, 11) is -0.922. The summed E-state index contributed by atoms with van der Waals surface area (Å²) in [6.45, 7) is 3.59. The van der Waals surface area contributed by atoms with Crippen molar-refractivity contribution in [2.75, 3.05) is 7.11 Å². The summed E-state index contributed by atoms with van der Waals surface area (Å²) in [6.07, 6.45) is -4.11. The molecule has 0 aliphatic rings. The Morgan fingerprint density at radius 3 is 2.20 bits per heavy atom. The third-order valence-electron chi connectivity index (χ3n) is 2.65. The Balaban J connectivity index is 3.29. The van der Waals surface area contributed by atoms with Gasteiger partial charge in [-0.1, -0.05) is 31.0 Å². The monoisotopic (exact) mass is 306 g/mol. The van der Waals surface area contributed by atoms with E-state index in [0.29, 0.717) is 11.3 Å². The van der Waals surface area contributed by atoms with Gasteiger partial charge in [0.25, 0.3) is 0 Å². The summed E-state index contributed by atoms with van der Waals surface area (Å²) in [6, 6.07) is 6.59. The second kappa shape index (κ2) is 6.92. The topological polar surface area (TPSA) is 26.3 Å². The number of aryl methyl sites for hydroxylation is 1. The standard InChI is InChI=1S/C14H17F3O2S/c1-4-5-12(13(19-3)14(15,16)17)20(18)11-8-6-10(2)7-9-11/h6-9H,4-5H2,1-3H3/b13-12+. The van der Waals surface area contributed by atoms with Crippen molar-refractivity contribution in [2.24, 2.45) is 0 Å². The van der Waals surface area contributed by atoms with Gasteiger partial charge in [-0.3, -0.25) is 0 Å². The Morgan fingerprint density at radius 1 is 1.25 bits per heavy atom. The fourth-order valence-corrected chi connectivity index (χ4v) is 3.13. The minimum atomic E-state index is -4.64.